The van der Waals surface area contributed by atoms with Gasteiger partial charge in [0.15, 0.2) is 0 Å². The summed E-state index contributed by atoms with van der Waals surface area (Å²) in [6.07, 6.45) is 2.66. The molecule has 0 fully saturated rings. The van der Waals surface area contributed by atoms with Gasteiger partial charge in [0, 0.05) is 23.2 Å². The molecule has 0 unspecified atom stereocenters. The summed E-state index contributed by atoms with van der Waals surface area (Å²) < 4.78 is 12.2. The summed E-state index contributed by atoms with van der Waals surface area (Å²) in [7, 11) is 1.33. The Hall–Kier alpha value is -3.61. The number of carbonyl (C=O) groups is 1. The Kier molecular flexibility index (Phi) is 4.31. The van der Waals surface area contributed by atoms with Gasteiger partial charge in [-0.25, -0.2) is 9.78 Å². The standard InChI is InChI=1S/C23H21N3O4/c1-13(14-7-9-20-16(11-14)15-5-3-4-6-19(15)30-20)25-17-12-24-21-10-8-18(23(28)29-2)26(21)22(17)27/h3-7,9,11-13,18,25H,8,10H2,1-2H3/t13-,18-/m1/s1. The van der Waals surface area contributed by atoms with Gasteiger partial charge in [-0.15, -0.1) is 0 Å². The molecule has 3 heterocycles. The van der Waals surface area contributed by atoms with Crippen LogP contribution in [0.25, 0.3) is 21.9 Å². The number of rotatable bonds is 4. The number of benzene rings is 2. The van der Waals surface area contributed by atoms with Crippen LogP contribution in [0.5, 0.6) is 0 Å². The first kappa shape index (κ1) is 18.4. The fraction of sp³-hybridized carbons (Fsp3) is 0.261. The molecule has 7 heteroatoms. The molecule has 2 atom stereocenters. The number of nitrogens with one attached hydrogen (secondary N) is 1. The molecule has 2 aromatic heterocycles. The number of nitrogens with zero attached hydrogens (tertiary/aromatic N) is 2. The second-order valence-corrected chi connectivity index (χ2v) is 7.56. The normalized spacial score (nSPS) is 16.5. The van der Waals surface area contributed by atoms with Crippen molar-refractivity contribution in [3.8, 4) is 0 Å². The maximum atomic E-state index is 13.0. The minimum Gasteiger partial charge on any atom is -0.467 e. The number of aromatic nitrogens is 2. The van der Waals surface area contributed by atoms with Crippen molar-refractivity contribution >= 4 is 33.6 Å². The maximum Gasteiger partial charge on any atom is 0.329 e. The van der Waals surface area contributed by atoms with E-state index in [-0.39, 0.29) is 11.6 Å². The number of hydrogen-bond acceptors (Lipinski definition) is 6. The van der Waals surface area contributed by atoms with Crippen molar-refractivity contribution in [3.63, 3.8) is 0 Å². The van der Waals surface area contributed by atoms with Crippen LogP contribution in [0.1, 0.15) is 36.8 Å². The lowest BCUT2D eigenvalue weighted by atomic mass is 10.0. The Morgan fingerprint density at radius 1 is 1.23 bits per heavy atom. The number of furan rings is 1. The number of fused-ring (bicyclic) bond motifs is 4. The van der Waals surface area contributed by atoms with Crippen LogP contribution >= 0.6 is 0 Å². The average Bonchev–Trinajstić information content (AvgIpc) is 3.36. The summed E-state index contributed by atoms with van der Waals surface area (Å²) in [4.78, 5) is 29.5. The van der Waals surface area contributed by atoms with E-state index in [1.165, 1.54) is 11.7 Å². The number of hydrogen-bond donors (Lipinski definition) is 1. The third-order valence-electron chi connectivity index (χ3n) is 5.77. The molecule has 0 bridgehead atoms. The molecule has 5 rings (SSSR count). The third-order valence-corrected chi connectivity index (χ3v) is 5.77. The zero-order valence-electron chi connectivity index (χ0n) is 16.7. The highest BCUT2D eigenvalue weighted by Gasteiger charge is 2.32. The summed E-state index contributed by atoms with van der Waals surface area (Å²) in [5.74, 6) is 0.194. The van der Waals surface area contributed by atoms with Gasteiger partial charge in [0.25, 0.3) is 5.56 Å². The summed E-state index contributed by atoms with van der Waals surface area (Å²) in [6, 6.07) is 13.2. The van der Waals surface area contributed by atoms with Gasteiger partial charge in [-0.3, -0.25) is 9.36 Å². The minimum atomic E-state index is -0.615. The van der Waals surface area contributed by atoms with Crippen LogP contribution in [0.15, 0.2) is 57.9 Å². The molecule has 0 saturated heterocycles. The number of carbonyl (C=O) groups excluding carboxylic acids is 1. The fourth-order valence-electron chi connectivity index (χ4n) is 4.19. The van der Waals surface area contributed by atoms with Crippen molar-refractivity contribution in [2.45, 2.75) is 31.8 Å². The van der Waals surface area contributed by atoms with Gasteiger partial charge < -0.3 is 14.5 Å². The van der Waals surface area contributed by atoms with Crippen LogP contribution < -0.4 is 10.9 Å². The van der Waals surface area contributed by atoms with Crippen molar-refractivity contribution in [2.75, 3.05) is 12.4 Å². The quantitative estimate of drug-likeness (QED) is 0.519. The first-order valence-electron chi connectivity index (χ1n) is 9.93. The smallest absolute Gasteiger partial charge is 0.329 e. The maximum absolute atomic E-state index is 13.0. The molecule has 0 spiro atoms. The lowest BCUT2D eigenvalue weighted by molar-refractivity contribution is -0.144. The Morgan fingerprint density at radius 3 is 2.87 bits per heavy atom. The molecule has 7 nitrogen and oxygen atoms in total. The van der Waals surface area contributed by atoms with Gasteiger partial charge in [-0.1, -0.05) is 24.3 Å². The SMILES string of the molecule is COC(=O)[C@H]1CCc2ncc(N[C@H](C)c3ccc4oc5ccccc5c4c3)c(=O)n21. The molecule has 30 heavy (non-hydrogen) atoms. The molecule has 152 valence electrons. The monoisotopic (exact) mass is 403 g/mol. The highest BCUT2D eigenvalue weighted by molar-refractivity contribution is 6.05. The van der Waals surface area contributed by atoms with Gasteiger partial charge in [0.1, 0.15) is 28.7 Å². The van der Waals surface area contributed by atoms with Crippen molar-refractivity contribution in [3.05, 3.63) is 70.4 Å². The van der Waals surface area contributed by atoms with Gasteiger partial charge in [-0.2, -0.15) is 0 Å². The Labute approximate surface area is 172 Å². The first-order chi connectivity index (χ1) is 14.6. The predicted octanol–water partition coefficient (Wildman–Crippen LogP) is 3.98. The molecule has 1 aliphatic rings. The van der Waals surface area contributed by atoms with Crippen LogP contribution in [0.3, 0.4) is 0 Å². The van der Waals surface area contributed by atoms with E-state index in [0.717, 1.165) is 27.5 Å². The number of methoxy groups -OCH3 is 1. The molecule has 0 amide bonds. The van der Waals surface area contributed by atoms with Gasteiger partial charge >= 0.3 is 5.97 Å². The van der Waals surface area contributed by atoms with E-state index in [0.29, 0.717) is 24.4 Å². The third kappa shape index (κ3) is 2.85. The summed E-state index contributed by atoms with van der Waals surface area (Å²) in [6.45, 7) is 1.98. The molecule has 0 aliphatic carbocycles. The van der Waals surface area contributed by atoms with Crippen LogP contribution in [0.2, 0.25) is 0 Å². The molecule has 0 radical (unpaired) electrons. The Balaban J connectivity index is 1.49. The summed E-state index contributed by atoms with van der Waals surface area (Å²) in [5.41, 5.74) is 2.80. The number of para-hydroxylation sites is 1. The minimum absolute atomic E-state index is 0.144. The van der Waals surface area contributed by atoms with E-state index in [1.807, 2.05) is 43.3 Å². The Morgan fingerprint density at radius 2 is 2.03 bits per heavy atom. The van der Waals surface area contributed by atoms with E-state index in [1.54, 1.807) is 6.20 Å². The van der Waals surface area contributed by atoms with E-state index in [4.69, 9.17) is 9.15 Å². The van der Waals surface area contributed by atoms with E-state index in [9.17, 15) is 9.59 Å². The van der Waals surface area contributed by atoms with Crippen LogP contribution in [0, 0.1) is 0 Å². The number of aryl methyl sites for hydroxylation is 1. The van der Waals surface area contributed by atoms with Gasteiger partial charge in [-0.05, 0) is 37.1 Å². The van der Waals surface area contributed by atoms with E-state index in [2.05, 4.69) is 16.4 Å². The van der Waals surface area contributed by atoms with E-state index < -0.39 is 12.0 Å². The van der Waals surface area contributed by atoms with Gasteiger partial charge in [0.2, 0.25) is 0 Å². The number of esters is 1. The first-order valence-corrected chi connectivity index (χ1v) is 9.93. The lowest BCUT2D eigenvalue weighted by Gasteiger charge is -2.17. The molecule has 2 aromatic carbocycles. The highest BCUT2D eigenvalue weighted by atomic mass is 16.5. The molecule has 4 aromatic rings. The van der Waals surface area contributed by atoms with Crippen LogP contribution in [-0.2, 0) is 16.0 Å². The molecule has 1 N–H and O–H groups in total. The molecule has 1 aliphatic heterocycles. The van der Waals surface area contributed by atoms with Crippen molar-refractivity contribution < 1.29 is 13.9 Å². The molecule has 0 saturated carbocycles. The topological polar surface area (TPSA) is 86.4 Å². The van der Waals surface area contributed by atoms with E-state index >= 15 is 0 Å². The van der Waals surface area contributed by atoms with Crippen molar-refractivity contribution in [1.29, 1.82) is 0 Å². The van der Waals surface area contributed by atoms with Crippen molar-refractivity contribution in [1.82, 2.24) is 9.55 Å². The van der Waals surface area contributed by atoms with Crippen molar-refractivity contribution in [2.24, 2.45) is 0 Å². The zero-order chi connectivity index (χ0) is 20.8. The second kappa shape index (κ2) is 7.02. The summed E-state index contributed by atoms with van der Waals surface area (Å²) >= 11 is 0. The summed E-state index contributed by atoms with van der Waals surface area (Å²) in [5, 5.41) is 5.35. The largest absolute Gasteiger partial charge is 0.467 e. The zero-order valence-corrected chi connectivity index (χ0v) is 16.7. The highest BCUT2D eigenvalue weighted by Crippen LogP contribution is 2.31. The molecular weight excluding hydrogens is 382 g/mol. The lowest BCUT2D eigenvalue weighted by Crippen LogP contribution is -2.31. The second-order valence-electron chi connectivity index (χ2n) is 7.56. The fourth-order valence-corrected chi connectivity index (χ4v) is 4.19. The van der Waals surface area contributed by atoms with Crippen LogP contribution in [0.4, 0.5) is 5.69 Å². The predicted molar refractivity (Wildman–Crippen MR) is 114 cm³/mol. The molecular formula is C23H21N3O4. The Bertz CT molecular complexity index is 1340. The van der Waals surface area contributed by atoms with Gasteiger partial charge in [0.05, 0.1) is 13.3 Å². The average molecular weight is 403 g/mol. The number of ether oxygens (including phenoxy) is 1. The number of anilines is 1. The van der Waals surface area contributed by atoms with Crippen LogP contribution in [-0.4, -0.2) is 22.6 Å².